The number of halogens is 1. The molecule has 102 valence electrons. The number of hydrogen-bond acceptors (Lipinski definition) is 4. The van der Waals surface area contributed by atoms with Gasteiger partial charge in [-0.15, -0.1) is 0 Å². The van der Waals surface area contributed by atoms with Crippen molar-refractivity contribution in [2.75, 3.05) is 6.54 Å². The van der Waals surface area contributed by atoms with E-state index in [4.69, 9.17) is 0 Å². The highest BCUT2D eigenvalue weighted by molar-refractivity contribution is 9.10. The number of nitro groups is 1. The van der Waals surface area contributed by atoms with E-state index in [9.17, 15) is 14.9 Å². The SMILES string of the molecule is O=C1CCC(CNCc2ccc(Br)c([N+](=O)[O-])c2)N1. The molecule has 1 unspecified atom stereocenters. The molecule has 2 rings (SSSR count). The summed E-state index contributed by atoms with van der Waals surface area (Å²) in [5.74, 6) is 0.0890. The van der Waals surface area contributed by atoms with E-state index >= 15 is 0 Å². The van der Waals surface area contributed by atoms with Crippen molar-refractivity contribution < 1.29 is 9.72 Å². The zero-order valence-electron chi connectivity index (χ0n) is 10.2. The van der Waals surface area contributed by atoms with E-state index in [1.807, 2.05) is 6.07 Å². The molecule has 7 heteroatoms. The molecule has 1 fully saturated rings. The van der Waals surface area contributed by atoms with Gasteiger partial charge < -0.3 is 10.6 Å². The van der Waals surface area contributed by atoms with Crippen LogP contribution in [0.5, 0.6) is 0 Å². The van der Waals surface area contributed by atoms with E-state index < -0.39 is 4.92 Å². The highest BCUT2D eigenvalue weighted by Crippen LogP contribution is 2.25. The minimum Gasteiger partial charge on any atom is -0.352 e. The Morgan fingerprint density at radius 2 is 2.32 bits per heavy atom. The minimum atomic E-state index is -0.412. The lowest BCUT2D eigenvalue weighted by molar-refractivity contribution is -0.385. The van der Waals surface area contributed by atoms with Crippen molar-refractivity contribution in [1.29, 1.82) is 0 Å². The molecule has 0 aliphatic carbocycles. The van der Waals surface area contributed by atoms with Crippen LogP contribution in [0.1, 0.15) is 18.4 Å². The lowest BCUT2D eigenvalue weighted by Crippen LogP contribution is -2.35. The number of nitro benzene ring substituents is 1. The van der Waals surface area contributed by atoms with Gasteiger partial charge in [0.25, 0.3) is 5.69 Å². The van der Waals surface area contributed by atoms with Crippen LogP contribution < -0.4 is 10.6 Å². The molecule has 1 atom stereocenters. The lowest BCUT2D eigenvalue weighted by atomic mass is 10.2. The summed E-state index contributed by atoms with van der Waals surface area (Å²) in [6, 6.07) is 5.21. The van der Waals surface area contributed by atoms with Gasteiger partial charge in [-0.1, -0.05) is 6.07 Å². The first-order valence-electron chi connectivity index (χ1n) is 5.99. The monoisotopic (exact) mass is 327 g/mol. The second kappa shape index (κ2) is 6.12. The van der Waals surface area contributed by atoms with E-state index in [1.54, 1.807) is 12.1 Å². The third kappa shape index (κ3) is 3.74. The normalized spacial score (nSPS) is 18.4. The van der Waals surface area contributed by atoms with Crippen molar-refractivity contribution in [2.45, 2.75) is 25.4 Å². The molecule has 0 bridgehead atoms. The van der Waals surface area contributed by atoms with Crippen LogP contribution in [0.15, 0.2) is 22.7 Å². The molecule has 0 saturated carbocycles. The molecule has 1 aliphatic heterocycles. The maximum Gasteiger partial charge on any atom is 0.283 e. The molecule has 6 nitrogen and oxygen atoms in total. The maximum atomic E-state index is 11.0. The third-order valence-electron chi connectivity index (χ3n) is 3.01. The van der Waals surface area contributed by atoms with Crippen LogP contribution in [-0.4, -0.2) is 23.4 Å². The van der Waals surface area contributed by atoms with Crippen molar-refractivity contribution in [1.82, 2.24) is 10.6 Å². The largest absolute Gasteiger partial charge is 0.352 e. The summed E-state index contributed by atoms with van der Waals surface area (Å²) >= 11 is 3.15. The van der Waals surface area contributed by atoms with Gasteiger partial charge in [0.05, 0.1) is 9.40 Å². The Morgan fingerprint density at radius 3 is 2.95 bits per heavy atom. The van der Waals surface area contributed by atoms with Crippen LogP contribution >= 0.6 is 15.9 Å². The molecule has 2 N–H and O–H groups in total. The Bertz CT molecular complexity index is 507. The molecule has 1 amide bonds. The van der Waals surface area contributed by atoms with Crippen LogP contribution in [0, 0.1) is 10.1 Å². The summed E-state index contributed by atoms with van der Waals surface area (Å²) < 4.78 is 0.476. The van der Waals surface area contributed by atoms with E-state index in [2.05, 4.69) is 26.6 Å². The number of carbonyl (C=O) groups is 1. The van der Waals surface area contributed by atoms with Crippen LogP contribution in [0.2, 0.25) is 0 Å². The Kier molecular flexibility index (Phi) is 4.49. The number of carbonyl (C=O) groups excluding carboxylic acids is 1. The Hall–Kier alpha value is -1.47. The van der Waals surface area contributed by atoms with Crippen molar-refractivity contribution in [3.05, 3.63) is 38.3 Å². The first-order valence-corrected chi connectivity index (χ1v) is 6.78. The predicted octanol–water partition coefficient (Wildman–Crippen LogP) is 1.73. The molecule has 1 saturated heterocycles. The zero-order valence-corrected chi connectivity index (χ0v) is 11.8. The lowest BCUT2D eigenvalue weighted by Gasteiger charge is -2.11. The molecule has 1 aromatic rings. The summed E-state index contributed by atoms with van der Waals surface area (Å²) in [7, 11) is 0. The fourth-order valence-electron chi connectivity index (χ4n) is 2.03. The highest BCUT2D eigenvalue weighted by Gasteiger charge is 2.20. The van der Waals surface area contributed by atoms with Crippen LogP contribution in [0.3, 0.4) is 0 Å². The van der Waals surface area contributed by atoms with Gasteiger partial charge in [0, 0.05) is 31.6 Å². The highest BCUT2D eigenvalue weighted by atomic mass is 79.9. The first-order chi connectivity index (χ1) is 9.06. The third-order valence-corrected chi connectivity index (χ3v) is 3.68. The number of rotatable bonds is 5. The standard InChI is InChI=1S/C12H14BrN3O3/c13-10-3-1-8(5-11(10)16(18)19)6-14-7-9-2-4-12(17)15-9/h1,3,5,9,14H,2,4,6-7H2,(H,15,17). The van der Waals surface area contributed by atoms with Gasteiger partial charge in [-0.05, 0) is 34.0 Å². The fraction of sp³-hybridized carbons (Fsp3) is 0.417. The number of nitrogens with zero attached hydrogens (tertiary/aromatic N) is 1. The molecule has 1 aromatic carbocycles. The summed E-state index contributed by atoms with van der Waals surface area (Å²) in [6.07, 6.45) is 1.42. The summed E-state index contributed by atoms with van der Waals surface area (Å²) in [4.78, 5) is 21.4. The van der Waals surface area contributed by atoms with Crippen LogP contribution in [0.25, 0.3) is 0 Å². The number of nitrogens with one attached hydrogen (secondary N) is 2. The quantitative estimate of drug-likeness (QED) is 0.637. The second-order valence-corrected chi connectivity index (χ2v) is 5.33. The van der Waals surface area contributed by atoms with Gasteiger partial charge >= 0.3 is 0 Å². The Labute approximate surface area is 118 Å². The molecule has 0 spiro atoms. The number of hydrogen-bond donors (Lipinski definition) is 2. The molecule has 19 heavy (non-hydrogen) atoms. The van der Waals surface area contributed by atoms with Gasteiger partial charge in [0.15, 0.2) is 0 Å². The van der Waals surface area contributed by atoms with Gasteiger partial charge in [-0.2, -0.15) is 0 Å². The average molecular weight is 328 g/mol. The number of amides is 1. The zero-order chi connectivity index (χ0) is 13.8. The molecular weight excluding hydrogens is 314 g/mol. The Morgan fingerprint density at radius 1 is 1.53 bits per heavy atom. The van der Waals surface area contributed by atoms with Crippen molar-refractivity contribution in [2.24, 2.45) is 0 Å². The van der Waals surface area contributed by atoms with E-state index in [-0.39, 0.29) is 17.6 Å². The second-order valence-electron chi connectivity index (χ2n) is 4.48. The maximum absolute atomic E-state index is 11.0. The van der Waals surface area contributed by atoms with Gasteiger partial charge in [-0.3, -0.25) is 14.9 Å². The fourth-order valence-corrected chi connectivity index (χ4v) is 2.42. The molecule has 1 heterocycles. The van der Waals surface area contributed by atoms with Crippen LogP contribution in [0.4, 0.5) is 5.69 Å². The smallest absolute Gasteiger partial charge is 0.283 e. The van der Waals surface area contributed by atoms with Gasteiger partial charge in [0.2, 0.25) is 5.91 Å². The van der Waals surface area contributed by atoms with Gasteiger partial charge in [-0.25, -0.2) is 0 Å². The average Bonchev–Trinajstić information content (AvgIpc) is 2.77. The molecule has 0 aromatic heterocycles. The summed E-state index contributed by atoms with van der Waals surface area (Å²) in [5, 5.41) is 16.9. The summed E-state index contributed by atoms with van der Waals surface area (Å²) in [5.41, 5.74) is 0.910. The molecule has 0 radical (unpaired) electrons. The first kappa shape index (κ1) is 14.0. The topological polar surface area (TPSA) is 84.3 Å². The van der Waals surface area contributed by atoms with Crippen molar-refractivity contribution >= 4 is 27.5 Å². The van der Waals surface area contributed by atoms with E-state index in [1.165, 1.54) is 0 Å². The minimum absolute atomic E-state index is 0.0634. The van der Waals surface area contributed by atoms with Gasteiger partial charge in [0.1, 0.15) is 0 Å². The van der Waals surface area contributed by atoms with Crippen LogP contribution in [-0.2, 0) is 11.3 Å². The Balaban J connectivity index is 1.87. The van der Waals surface area contributed by atoms with E-state index in [0.717, 1.165) is 12.0 Å². The molecule has 1 aliphatic rings. The van der Waals surface area contributed by atoms with E-state index in [0.29, 0.717) is 24.0 Å². The predicted molar refractivity (Wildman–Crippen MR) is 73.7 cm³/mol. The molecular formula is C12H14BrN3O3. The summed E-state index contributed by atoms with van der Waals surface area (Å²) in [6.45, 7) is 1.22. The number of benzene rings is 1. The van der Waals surface area contributed by atoms with Crippen molar-refractivity contribution in [3.8, 4) is 0 Å². The van der Waals surface area contributed by atoms with Crippen molar-refractivity contribution in [3.63, 3.8) is 0 Å².